The van der Waals surface area contributed by atoms with Gasteiger partial charge in [0.2, 0.25) is 0 Å². The number of rotatable bonds is 7. The SMILES string of the molecule is CCOc1ccc(C(=O)N(C)C)cc1NC(C)c1cccc(CO)c1. The summed E-state index contributed by atoms with van der Waals surface area (Å²) < 4.78 is 5.69. The van der Waals surface area contributed by atoms with Crippen LogP contribution in [0.25, 0.3) is 0 Å². The molecule has 0 aliphatic rings. The third-order valence-electron chi connectivity index (χ3n) is 3.94. The fourth-order valence-corrected chi connectivity index (χ4v) is 2.59. The summed E-state index contributed by atoms with van der Waals surface area (Å²) in [6, 6.07) is 13.2. The predicted molar refractivity (Wildman–Crippen MR) is 100 cm³/mol. The van der Waals surface area contributed by atoms with E-state index in [0.29, 0.717) is 17.9 Å². The smallest absolute Gasteiger partial charge is 0.253 e. The molecule has 0 aliphatic heterocycles. The molecule has 0 heterocycles. The zero-order valence-corrected chi connectivity index (χ0v) is 15.2. The van der Waals surface area contributed by atoms with Gasteiger partial charge in [-0.2, -0.15) is 0 Å². The monoisotopic (exact) mass is 342 g/mol. The summed E-state index contributed by atoms with van der Waals surface area (Å²) in [5.74, 6) is 0.656. The molecule has 0 spiro atoms. The summed E-state index contributed by atoms with van der Waals surface area (Å²) >= 11 is 0. The Kier molecular flexibility index (Phi) is 6.42. The topological polar surface area (TPSA) is 61.8 Å². The van der Waals surface area contributed by atoms with E-state index in [-0.39, 0.29) is 18.6 Å². The minimum atomic E-state index is -0.0546. The van der Waals surface area contributed by atoms with Gasteiger partial charge in [-0.15, -0.1) is 0 Å². The number of aliphatic hydroxyl groups is 1. The highest BCUT2D eigenvalue weighted by Crippen LogP contribution is 2.30. The van der Waals surface area contributed by atoms with Crippen molar-refractivity contribution in [3.05, 3.63) is 59.2 Å². The third kappa shape index (κ3) is 4.73. The Balaban J connectivity index is 2.31. The molecule has 0 saturated carbocycles. The molecule has 2 N–H and O–H groups in total. The van der Waals surface area contributed by atoms with E-state index in [4.69, 9.17) is 4.74 Å². The van der Waals surface area contributed by atoms with Crippen LogP contribution in [0.4, 0.5) is 5.69 Å². The van der Waals surface area contributed by atoms with Crippen LogP contribution in [-0.4, -0.2) is 36.6 Å². The second-order valence-corrected chi connectivity index (χ2v) is 6.11. The lowest BCUT2D eigenvalue weighted by atomic mass is 10.0. The zero-order valence-electron chi connectivity index (χ0n) is 15.2. The Bertz CT molecular complexity index is 729. The van der Waals surface area contributed by atoms with E-state index in [1.165, 1.54) is 0 Å². The number of carbonyl (C=O) groups is 1. The van der Waals surface area contributed by atoms with Gasteiger partial charge >= 0.3 is 0 Å². The number of hydrogen-bond acceptors (Lipinski definition) is 4. The second kappa shape index (κ2) is 8.53. The van der Waals surface area contributed by atoms with Crippen molar-refractivity contribution in [3.8, 4) is 5.75 Å². The molecule has 2 aromatic rings. The van der Waals surface area contributed by atoms with E-state index in [2.05, 4.69) is 5.32 Å². The maximum atomic E-state index is 12.2. The molecule has 0 saturated heterocycles. The Morgan fingerprint density at radius 2 is 2.00 bits per heavy atom. The zero-order chi connectivity index (χ0) is 18.4. The predicted octanol–water partition coefficient (Wildman–Crippen LogP) is 3.45. The van der Waals surface area contributed by atoms with Crippen LogP contribution in [0.3, 0.4) is 0 Å². The molecule has 2 rings (SSSR count). The van der Waals surface area contributed by atoms with Gasteiger partial charge in [0, 0.05) is 25.7 Å². The Morgan fingerprint density at radius 1 is 1.24 bits per heavy atom. The van der Waals surface area contributed by atoms with Gasteiger partial charge in [-0.1, -0.05) is 24.3 Å². The number of nitrogens with one attached hydrogen (secondary N) is 1. The van der Waals surface area contributed by atoms with E-state index in [1.807, 2.05) is 50.2 Å². The Labute approximate surface area is 149 Å². The molecule has 1 atom stereocenters. The van der Waals surface area contributed by atoms with Gasteiger partial charge in [-0.3, -0.25) is 4.79 Å². The molecule has 0 fully saturated rings. The fraction of sp³-hybridized carbons (Fsp3) is 0.350. The van der Waals surface area contributed by atoms with Crippen LogP contribution >= 0.6 is 0 Å². The maximum Gasteiger partial charge on any atom is 0.253 e. The quantitative estimate of drug-likeness (QED) is 0.809. The van der Waals surface area contributed by atoms with Crippen molar-refractivity contribution in [3.63, 3.8) is 0 Å². The van der Waals surface area contributed by atoms with Crippen LogP contribution < -0.4 is 10.1 Å². The van der Waals surface area contributed by atoms with Crippen molar-refractivity contribution in [2.75, 3.05) is 26.0 Å². The Morgan fingerprint density at radius 3 is 2.64 bits per heavy atom. The first-order valence-electron chi connectivity index (χ1n) is 8.41. The molecule has 0 bridgehead atoms. The number of hydrogen-bond donors (Lipinski definition) is 2. The largest absolute Gasteiger partial charge is 0.492 e. The van der Waals surface area contributed by atoms with E-state index in [0.717, 1.165) is 16.8 Å². The van der Waals surface area contributed by atoms with Gasteiger partial charge in [0.1, 0.15) is 5.75 Å². The summed E-state index contributed by atoms with van der Waals surface area (Å²) in [6.45, 7) is 4.52. The molecule has 1 unspecified atom stereocenters. The van der Waals surface area contributed by atoms with E-state index in [9.17, 15) is 9.90 Å². The van der Waals surface area contributed by atoms with Gasteiger partial charge in [-0.25, -0.2) is 0 Å². The van der Waals surface area contributed by atoms with E-state index < -0.39 is 0 Å². The molecule has 0 aliphatic carbocycles. The maximum absolute atomic E-state index is 12.2. The highest BCUT2D eigenvalue weighted by molar-refractivity contribution is 5.95. The van der Waals surface area contributed by atoms with Crippen LogP contribution in [0.1, 0.15) is 41.4 Å². The molecule has 2 aromatic carbocycles. The van der Waals surface area contributed by atoms with Crippen molar-refractivity contribution in [2.24, 2.45) is 0 Å². The number of benzene rings is 2. The normalized spacial score (nSPS) is 11.7. The molecule has 5 heteroatoms. The van der Waals surface area contributed by atoms with Crippen molar-refractivity contribution < 1.29 is 14.6 Å². The fourth-order valence-electron chi connectivity index (χ4n) is 2.59. The summed E-state index contributed by atoms with van der Waals surface area (Å²) in [4.78, 5) is 13.8. The molecular formula is C20H26N2O3. The van der Waals surface area contributed by atoms with Gasteiger partial charge in [0.25, 0.3) is 5.91 Å². The highest BCUT2D eigenvalue weighted by atomic mass is 16.5. The first kappa shape index (κ1) is 18.8. The van der Waals surface area contributed by atoms with E-state index in [1.54, 1.807) is 25.1 Å². The van der Waals surface area contributed by atoms with Crippen LogP contribution in [0.5, 0.6) is 5.75 Å². The van der Waals surface area contributed by atoms with Crippen LogP contribution in [0, 0.1) is 0 Å². The summed E-state index contributed by atoms with van der Waals surface area (Å²) in [5, 5.41) is 12.7. The van der Waals surface area contributed by atoms with Crippen molar-refractivity contribution in [2.45, 2.75) is 26.5 Å². The van der Waals surface area contributed by atoms with Crippen molar-refractivity contribution in [1.29, 1.82) is 0 Å². The summed E-state index contributed by atoms with van der Waals surface area (Å²) in [5.41, 5.74) is 3.30. The van der Waals surface area contributed by atoms with Crippen LogP contribution in [-0.2, 0) is 6.61 Å². The standard InChI is InChI=1S/C20H26N2O3/c1-5-25-19-10-9-17(20(24)22(3)4)12-18(19)21-14(2)16-8-6-7-15(11-16)13-23/h6-12,14,21,23H,5,13H2,1-4H3. The second-order valence-electron chi connectivity index (χ2n) is 6.11. The van der Waals surface area contributed by atoms with E-state index >= 15 is 0 Å². The molecule has 1 amide bonds. The first-order valence-corrected chi connectivity index (χ1v) is 8.41. The molecule has 25 heavy (non-hydrogen) atoms. The van der Waals surface area contributed by atoms with Gasteiger partial charge in [0.05, 0.1) is 18.9 Å². The van der Waals surface area contributed by atoms with Crippen molar-refractivity contribution in [1.82, 2.24) is 4.90 Å². The lowest BCUT2D eigenvalue weighted by molar-refractivity contribution is 0.0827. The summed E-state index contributed by atoms with van der Waals surface area (Å²) in [6.07, 6.45) is 0. The van der Waals surface area contributed by atoms with Gasteiger partial charge in [0.15, 0.2) is 0 Å². The number of nitrogens with zero attached hydrogens (tertiary/aromatic N) is 1. The average molecular weight is 342 g/mol. The van der Waals surface area contributed by atoms with Crippen LogP contribution in [0.2, 0.25) is 0 Å². The summed E-state index contributed by atoms with van der Waals surface area (Å²) in [7, 11) is 3.46. The molecule has 0 radical (unpaired) electrons. The van der Waals surface area contributed by atoms with Crippen molar-refractivity contribution >= 4 is 11.6 Å². The molecule has 134 valence electrons. The average Bonchev–Trinajstić information content (AvgIpc) is 2.62. The number of anilines is 1. The highest BCUT2D eigenvalue weighted by Gasteiger charge is 2.14. The number of ether oxygens (including phenoxy) is 1. The lowest BCUT2D eigenvalue weighted by Gasteiger charge is -2.20. The minimum Gasteiger partial charge on any atom is -0.492 e. The molecular weight excluding hydrogens is 316 g/mol. The molecule has 5 nitrogen and oxygen atoms in total. The first-order chi connectivity index (χ1) is 12.0. The number of aliphatic hydroxyl groups excluding tert-OH is 1. The third-order valence-corrected chi connectivity index (χ3v) is 3.94. The number of amides is 1. The number of carbonyl (C=O) groups excluding carboxylic acids is 1. The van der Waals surface area contributed by atoms with Gasteiger partial charge < -0.3 is 20.1 Å². The molecule has 0 aromatic heterocycles. The van der Waals surface area contributed by atoms with Crippen LogP contribution in [0.15, 0.2) is 42.5 Å². The lowest BCUT2D eigenvalue weighted by Crippen LogP contribution is -2.22. The Hall–Kier alpha value is -2.53. The minimum absolute atomic E-state index is 0.00425. The van der Waals surface area contributed by atoms with Gasteiger partial charge in [-0.05, 0) is 43.2 Å².